The molecule has 1 aliphatic rings. The van der Waals surface area contributed by atoms with Crippen LogP contribution < -0.4 is 0 Å². The van der Waals surface area contributed by atoms with Crippen LogP contribution in [0.25, 0.3) is 6.08 Å². The monoisotopic (exact) mass is 191 g/mol. The first-order valence-electron chi connectivity index (χ1n) is 3.36. The molecular weight excluding hydrogens is 184 g/mol. The van der Waals surface area contributed by atoms with E-state index in [-0.39, 0.29) is 21.7 Å². The molecule has 0 spiro atoms. The molecule has 1 aliphatic carbocycles. The van der Waals surface area contributed by atoms with Crippen molar-refractivity contribution in [1.29, 1.82) is 0 Å². The van der Waals surface area contributed by atoms with Crippen LogP contribution >= 0.6 is 0 Å². The first-order chi connectivity index (χ1) is 4.86. The molecule has 1 aromatic rings. The Kier molecular flexibility index (Phi) is 2.88. The van der Waals surface area contributed by atoms with Gasteiger partial charge in [0.15, 0.2) is 0 Å². The SMILES string of the molecule is [Si]C1=Cc2ccccc2C1.[Ti+3]. The zero-order chi connectivity index (χ0) is 6.97. The third kappa shape index (κ3) is 1.73. The average molecular weight is 191 g/mol. The zero-order valence-electron chi connectivity index (χ0n) is 6.09. The normalized spacial score (nSPS) is 13.4. The molecule has 0 nitrogen and oxygen atoms in total. The number of rotatable bonds is 0. The van der Waals surface area contributed by atoms with Gasteiger partial charge in [0.25, 0.3) is 0 Å². The number of hydrogen-bond acceptors (Lipinski definition) is 0. The van der Waals surface area contributed by atoms with Crippen molar-refractivity contribution in [2.45, 2.75) is 6.42 Å². The minimum absolute atomic E-state index is 0. The first-order valence-corrected chi connectivity index (χ1v) is 3.86. The summed E-state index contributed by atoms with van der Waals surface area (Å²) >= 11 is 0. The maximum atomic E-state index is 3.53. The predicted octanol–water partition coefficient (Wildman–Crippen LogP) is 1.75. The fraction of sp³-hybridized carbons (Fsp3) is 0.111. The zero-order valence-corrected chi connectivity index (χ0v) is 8.66. The number of hydrogen-bond donors (Lipinski definition) is 0. The van der Waals surface area contributed by atoms with E-state index in [1.807, 2.05) is 0 Å². The van der Waals surface area contributed by atoms with E-state index < -0.39 is 0 Å². The molecule has 4 radical (unpaired) electrons. The summed E-state index contributed by atoms with van der Waals surface area (Å²) in [5.74, 6) is 0. The van der Waals surface area contributed by atoms with Gasteiger partial charge in [0.1, 0.15) is 0 Å². The molecule has 0 heterocycles. The standard InChI is InChI=1S/C9H7Si.Ti/c10-9-5-7-3-1-2-4-8(7)6-9;/h1-5H,6H2;/q;+3. The molecule has 2 heteroatoms. The van der Waals surface area contributed by atoms with Crippen LogP contribution in [0, 0.1) is 0 Å². The molecule has 0 saturated heterocycles. The molecule has 0 saturated carbocycles. The van der Waals surface area contributed by atoms with Gasteiger partial charge in [-0.3, -0.25) is 0 Å². The van der Waals surface area contributed by atoms with Gasteiger partial charge in [0.2, 0.25) is 0 Å². The molecule has 2 rings (SSSR count). The summed E-state index contributed by atoms with van der Waals surface area (Å²) in [5, 5.41) is 1.28. The smallest absolute Gasteiger partial charge is 0.0835 e. The summed E-state index contributed by atoms with van der Waals surface area (Å²) in [6, 6.07) is 8.46. The molecule has 0 aliphatic heterocycles. The van der Waals surface area contributed by atoms with E-state index in [2.05, 4.69) is 40.6 Å². The van der Waals surface area contributed by atoms with Gasteiger partial charge in [-0.2, -0.15) is 0 Å². The van der Waals surface area contributed by atoms with Crippen molar-refractivity contribution in [3.8, 4) is 0 Å². The van der Waals surface area contributed by atoms with Crippen molar-refractivity contribution >= 4 is 16.3 Å². The molecule has 0 bridgehead atoms. The molecule has 1 aromatic carbocycles. The van der Waals surface area contributed by atoms with Gasteiger partial charge in [-0.05, 0) is 17.5 Å². The quantitative estimate of drug-likeness (QED) is 0.548. The Morgan fingerprint density at radius 3 is 2.64 bits per heavy atom. The van der Waals surface area contributed by atoms with E-state index in [1.165, 1.54) is 16.3 Å². The predicted molar refractivity (Wildman–Crippen MR) is 43.9 cm³/mol. The summed E-state index contributed by atoms with van der Waals surface area (Å²) in [4.78, 5) is 0. The van der Waals surface area contributed by atoms with Gasteiger partial charge in [-0.1, -0.05) is 35.5 Å². The largest absolute Gasteiger partial charge is 3.00 e. The third-order valence-corrected chi connectivity index (χ3v) is 2.09. The minimum atomic E-state index is 0. The molecule has 0 unspecified atom stereocenters. The van der Waals surface area contributed by atoms with E-state index >= 15 is 0 Å². The van der Waals surface area contributed by atoms with Crippen molar-refractivity contribution in [1.82, 2.24) is 0 Å². The van der Waals surface area contributed by atoms with E-state index in [4.69, 9.17) is 0 Å². The van der Waals surface area contributed by atoms with E-state index in [0.29, 0.717) is 0 Å². The number of fused-ring (bicyclic) bond motifs is 1. The van der Waals surface area contributed by atoms with E-state index in [0.717, 1.165) is 6.42 Å². The van der Waals surface area contributed by atoms with Crippen molar-refractivity contribution in [3.63, 3.8) is 0 Å². The topological polar surface area (TPSA) is 0 Å². The second-order valence-electron chi connectivity index (χ2n) is 2.55. The molecule has 0 amide bonds. The van der Waals surface area contributed by atoms with Gasteiger partial charge < -0.3 is 0 Å². The summed E-state index contributed by atoms with van der Waals surface area (Å²) in [6.07, 6.45) is 3.24. The Bertz CT molecular complexity index is 291. The molecule has 0 N–H and O–H groups in total. The van der Waals surface area contributed by atoms with Gasteiger partial charge in [-0.15, -0.1) is 0 Å². The van der Waals surface area contributed by atoms with Gasteiger partial charge in [0.05, 0.1) is 10.2 Å². The molecule has 48 valence electrons. The molecule has 11 heavy (non-hydrogen) atoms. The van der Waals surface area contributed by atoms with Crippen LogP contribution in [0.2, 0.25) is 0 Å². The second kappa shape index (κ2) is 3.53. The van der Waals surface area contributed by atoms with E-state index in [9.17, 15) is 0 Å². The third-order valence-electron chi connectivity index (χ3n) is 1.77. The van der Waals surface area contributed by atoms with Crippen LogP contribution in [-0.2, 0) is 28.1 Å². The van der Waals surface area contributed by atoms with Crippen LogP contribution in [0.15, 0.2) is 29.5 Å². The first kappa shape index (κ1) is 8.98. The van der Waals surface area contributed by atoms with Crippen molar-refractivity contribution in [2.75, 3.05) is 0 Å². The molecule has 0 atom stereocenters. The van der Waals surface area contributed by atoms with Crippen LogP contribution in [0.5, 0.6) is 0 Å². The van der Waals surface area contributed by atoms with Crippen LogP contribution in [0.3, 0.4) is 0 Å². The average Bonchev–Trinajstić information content (AvgIpc) is 2.27. The Labute approximate surface area is 85.0 Å². The molecule has 0 aromatic heterocycles. The van der Waals surface area contributed by atoms with Crippen LogP contribution in [0.1, 0.15) is 11.1 Å². The fourth-order valence-electron chi connectivity index (χ4n) is 1.28. The number of allylic oxidation sites excluding steroid dienone is 1. The number of benzene rings is 1. The Balaban J connectivity index is 0.000000605. The second-order valence-corrected chi connectivity index (χ2v) is 3.19. The van der Waals surface area contributed by atoms with Crippen LogP contribution in [0.4, 0.5) is 0 Å². The van der Waals surface area contributed by atoms with Crippen molar-refractivity contribution in [3.05, 3.63) is 40.6 Å². The van der Waals surface area contributed by atoms with Crippen molar-refractivity contribution < 1.29 is 21.7 Å². The Morgan fingerprint density at radius 2 is 1.91 bits per heavy atom. The maximum absolute atomic E-state index is 3.53. The fourth-order valence-corrected chi connectivity index (χ4v) is 1.63. The van der Waals surface area contributed by atoms with Gasteiger partial charge in [0, 0.05) is 0 Å². The Hall–Kier alpha value is -0.109. The summed E-state index contributed by atoms with van der Waals surface area (Å²) in [7, 11) is 3.53. The van der Waals surface area contributed by atoms with Crippen molar-refractivity contribution in [2.24, 2.45) is 0 Å². The summed E-state index contributed by atoms with van der Waals surface area (Å²) < 4.78 is 0. The Morgan fingerprint density at radius 1 is 1.18 bits per heavy atom. The molecule has 0 fully saturated rings. The maximum Gasteiger partial charge on any atom is 3.00 e. The van der Waals surface area contributed by atoms with Gasteiger partial charge >= 0.3 is 21.7 Å². The van der Waals surface area contributed by atoms with Crippen LogP contribution in [-0.4, -0.2) is 10.2 Å². The minimum Gasteiger partial charge on any atom is -0.0835 e. The van der Waals surface area contributed by atoms with Gasteiger partial charge in [-0.25, -0.2) is 0 Å². The van der Waals surface area contributed by atoms with E-state index in [1.54, 1.807) is 0 Å². The summed E-state index contributed by atoms with van der Waals surface area (Å²) in [5.41, 5.74) is 2.78. The summed E-state index contributed by atoms with van der Waals surface area (Å²) in [6.45, 7) is 0. The molecular formula is C9H7SiTi+3.